The van der Waals surface area contributed by atoms with Gasteiger partial charge in [0.1, 0.15) is 5.69 Å². The minimum Gasteiger partial charge on any atom is -0.298 e. The molecule has 0 bridgehead atoms. The number of para-hydroxylation sites is 1. The molecule has 3 nitrogen and oxygen atoms in total. The maximum atomic E-state index is 11.2. The van der Waals surface area contributed by atoms with Crippen LogP contribution in [0.1, 0.15) is 30.2 Å². The van der Waals surface area contributed by atoms with Crippen molar-refractivity contribution >= 4 is 17.2 Å². The third kappa shape index (κ3) is 1.92. The molecule has 1 aromatic heterocycles. The highest BCUT2D eigenvalue weighted by Crippen LogP contribution is 2.31. The Balaban J connectivity index is 2.34. The zero-order valence-electron chi connectivity index (χ0n) is 11.6. The van der Waals surface area contributed by atoms with E-state index in [2.05, 4.69) is 26.0 Å². The van der Waals surface area contributed by atoms with Crippen LogP contribution >= 0.6 is 0 Å². The molecule has 0 N–H and O–H groups in total. The molecule has 0 aliphatic carbocycles. The maximum Gasteiger partial charge on any atom is 0.150 e. The van der Waals surface area contributed by atoms with E-state index in [1.54, 1.807) is 0 Å². The summed E-state index contributed by atoms with van der Waals surface area (Å²) in [5.41, 5.74) is 3.53. The second-order valence-electron chi connectivity index (χ2n) is 5.11. The fraction of sp³-hybridized carbons (Fsp3) is 0.176. The van der Waals surface area contributed by atoms with E-state index in [1.807, 2.05) is 41.1 Å². The van der Waals surface area contributed by atoms with Gasteiger partial charge in [0.15, 0.2) is 6.29 Å². The van der Waals surface area contributed by atoms with Crippen LogP contribution < -0.4 is 0 Å². The molecule has 0 radical (unpaired) electrons. The van der Waals surface area contributed by atoms with Gasteiger partial charge in [-0.15, -0.1) is 0 Å². The lowest BCUT2D eigenvalue weighted by Gasteiger charge is -2.06. The summed E-state index contributed by atoms with van der Waals surface area (Å²) < 4.78 is 2.01. The van der Waals surface area contributed by atoms with Gasteiger partial charge in [0.2, 0.25) is 0 Å². The second kappa shape index (κ2) is 4.93. The van der Waals surface area contributed by atoms with Crippen molar-refractivity contribution in [2.24, 2.45) is 0 Å². The van der Waals surface area contributed by atoms with Gasteiger partial charge < -0.3 is 0 Å². The third-order valence-electron chi connectivity index (χ3n) is 3.45. The first kappa shape index (κ1) is 12.6. The number of benzene rings is 2. The summed E-state index contributed by atoms with van der Waals surface area (Å²) in [6.45, 7) is 4.21. The average molecular weight is 264 g/mol. The number of aldehydes is 1. The zero-order valence-corrected chi connectivity index (χ0v) is 11.6. The zero-order chi connectivity index (χ0) is 14.1. The molecule has 3 heteroatoms. The average Bonchev–Trinajstić information content (AvgIpc) is 2.87. The minimum absolute atomic E-state index is 0.275. The van der Waals surface area contributed by atoms with Crippen LogP contribution in [0.3, 0.4) is 0 Å². The normalized spacial score (nSPS) is 11.2. The summed E-state index contributed by atoms with van der Waals surface area (Å²) in [6, 6.07) is 16.0. The number of hydrogen-bond donors (Lipinski definition) is 0. The molecule has 0 aliphatic heterocycles. The van der Waals surface area contributed by atoms with Crippen molar-refractivity contribution in [3.63, 3.8) is 0 Å². The van der Waals surface area contributed by atoms with Crippen molar-refractivity contribution < 1.29 is 4.79 Å². The van der Waals surface area contributed by atoms with Crippen molar-refractivity contribution in [2.45, 2.75) is 19.9 Å². The van der Waals surface area contributed by atoms with E-state index < -0.39 is 0 Å². The van der Waals surface area contributed by atoms with Crippen LogP contribution in [-0.2, 0) is 0 Å². The molecule has 20 heavy (non-hydrogen) atoms. The highest BCUT2D eigenvalue weighted by molar-refractivity contribution is 5.98. The van der Waals surface area contributed by atoms with E-state index in [4.69, 9.17) is 5.10 Å². The van der Waals surface area contributed by atoms with Crippen molar-refractivity contribution in [1.29, 1.82) is 0 Å². The standard InChI is InChI=1S/C17H16N2O/c1-12(2)19-16-10-6-5-9-15(16)17(18-19)14-8-4-3-7-13(14)11-20/h3-12H,1-2H3. The first-order chi connectivity index (χ1) is 9.72. The van der Waals surface area contributed by atoms with E-state index in [1.165, 1.54) is 0 Å². The van der Waals surface area contributed by atoms with Gasteiger partial charge in [-0.3, -0.25) is 9.48 Å². The summed E-state index contributed by atoms with van der Waals surface area (Å²) in [7, 11) is 0. The summed E-state index contributed by atoms with van der Waals surface area (Å²) in [6.07, 6.45) is 0.887. The van der Waals surface area contributed by atoms with E-state index in [-0.39, 0.29) is 6.04 Å². The molecule has 1 heterocycles. The van der Waals surface area contributed by atoms with Gasteiger partial charge in [-0.1, -0.05) is 42.5 Å². The van der Waals surface area contributed by atoms with Crippen molar-refractivity contribution in [2.75, 3.05) is 0 Å². The number of hydrogen-bond acceptors (Lipinski definition) is 2. The van der Waals surface area contributed by atoms with Crippen LogP contribution in [0.25, 0.3) is 22.2 Å². The van der Waals surface area contributed by atoms with Gasteiger partial charge in [0.25, 0.3) is 0 Å². The van der Waals surface area contributed by atoms with Crippen molar-refractivity contribution in [3.05, 3.63) is 54.1 Å². The number of rotatable bonds is 3. The fourth-order valence-corrected chi connectivity index (χ4v) is 2.50. The summed E-state index contributed by atoms with van der Waals surface area (Å²) in [4.78, 5) is 11.2. The Hall–Kier alpha value is -2.42. The number of carbonyl (C=O) groups is 1. The molecule has 0 saturated heterocycles. The van der Waals surface area contributed by atoms with Gasteiger partial charge in [-0.25, -0.2) is 0 Å². The first-order valence-corrected chi connectivity index (χ1v) is 6.74. The van der Waals surface area contributed by atoms with E-state index in [0.717, 1.165) is 28.4 Å². The Kier molecular flexibility index (Phi) is 3.11. The van der Waals surface area contributed by atoms with Gasteiger partial charge in [-0.2, -0.15) is 5.10 Å². The van der Waals surface area contributed by atoms with Crippen LogP contribution in [0, 0.1) is 0 Å². The van der Waals surface area contributed by atoms with E-state index in [9.17, 15) is 4.79 Å². The molecule has 0 fully saturated rings. The molecule has 0 aliphatic rings. The van der Waals surface area contributed by atoms with Crippen LogP contribution in [0.5, 0.6) is 0 Å². The number of fused-ring (bicyclic) bond motifs is 1. The molecule has 0 atom stereocenters. The Morgan fingerprint density at radius 2 is 1.75 bits per heavy atom. The SMILES string of the molecule is CC(C)n1nc(-c2ccccc2C=O)c2ccccc21. The summed E-state index contributed by atoms with van der Waals surface area (Å²) in [5, 5.41) is 5.80. The van der Waals surface area contributed by atoms with E-state index >= 15 is 0 Å². The fourth-order valence-electron chi connectivity index (χ4n) is 2.50. The van der Waals surface area contributed by atoms with Crippen LogP contribution in [0.15, 0.2) is 48.5 Å². The molecular weight excluding hydrogens is 248 g/mol. The molecule has 3 aromatic rings. The molecule has 3 rings (SSSR count). The van der Waals surface area contributed by atoms with Gasteiger partial charge >= 0.3 is 0 Å². The lowest BCUT2D eigenvalue weighted by molar-refractivity contribution is 0.112. The third-order valence-corrected chi connectivity index (χ3v) is 3.45. The summed E-state index contributed by atoms with van der Waals surface area (Å²) in [5.74, 6) is 0. The largest absolute Gasteiger partial charge is 0.298 e. The monoisotopic (exact) mass is 264 g/mol. The Labute approximate surface area is 117 Å². The Morgan fingerprint density at radius 1 is 1.05 bits per heavy atom. The van der Waals surface area contributed by atoms with Crippen LogP contribution in [0.2, 0.25) is 0 Å². The number of nitrogens with zero attached hydrogens (tertiary/aromatic N) is 2. The molecule has 0 amide bonds. The molecular formula is C17H16N2O. The molecule has 0 unspecified atom stereocenters. The summed E-state index contributed by atoms with van der Waals surface area (Å²) >= 11 is 0. The molecule has 100 valence electrons. The highest BCUT2D eigenvalue weighted by atomic mass is 16.1. The van der Waals surface area contributed by atoms with Crippen molar-refractivity contribution in [3.8, 4) is 11.3 Å². The molecule has 0 saturated carbocycles. The quantitative estimate of drug-likeness (QED) is 0.668. The van der Waals surface area contributed by atoms with E-state index in [0.29, 0.717) is 5.56 Å². The van der Waals surface area contributed by atoms with Crippen LogP contribution in [-0.4, -0.2) is 16.1 Å². The highest BCUT2D eigenvalue weighted by Gasteiger charge is 2.15. The number of carbonyl (C=O) groups excluding carboxylic acids is 1. The van der Waals surface area contributed by atoms with Gasteiger partial charge in [-0.05, 0) is 19.9 Å². The lowest BCUT2D eigenvalue weighted by atomic mass is 10.0. The first-order valence-electron chi connectivity index (χ1n) is 6.74. The minimum atomic E-state index is 0.275. The lowest BCUT2D eigenvalue weighted by Crippen LogP contribution is -2.02. The van der Waals surface area contributed by atoms with Gasteiger partial charge in [0.05, 0.1) is 5.52 Å². The maximum absolute atomic E-state index is 11.2. The molecule has 2 aromatic carbocycles. The molecule has 0 spiro atoms. The predicted octanol–water partition coefficient (Wildman–Crippen LogP) is 4.10. The second-order valence-corrected chi connectivity index (χ2v) is 5.11. The number of aromatic nitrogens is 2. The smallest absolute Gasteiger partial charge is 0.150 e. The topological polar surface area (TPSA) is 34.9 Å². The van der Waals surface area contributed by atoms with Gasteiger partial charge in [0, 0.05) is 22.6 Å². The predicted molar refractivity (Wildman–Crippen MR) is 80.9 cm³/mol. The van der Waals surface area contributed by atoms with Crippen molar-refractivity contribution in [1.82, 2.24) is 9.78 Å². The van der Waals surface area contributed by atoms with Crippen LogP contribution in [0.4, 0.5) is 0 Å². The Bertz CT molecular complexity index is 772. The Morgan fingerprint density at radius 3 is 2.50 bits per heavy atom.